The van der Waals surface area contributed by atoms with Crippen LogP contribution in [0.15, 0.2) is 42.4 Å². The van der Waals surface area contributed by atoms with Crippen LogP contribution in [0.2, 0.25) is 0 Å². The summed E-state index contributed by atoms with van der Waals surface area (Å²) in [4.78, 5) is 8.64. The van der Waals surface area contributed by atoms with Gasteiger partial charge in [0.2, 0.25) is 0 Å². The van der Waals surface area contributed by atoms with Crippen LogP contribution in [0.5, 0.6) is 0 Å². The molecule has 1 aliphatic heterocycles. The maximum absolute atomic E-state index is 6.09. The lowest BCUT2D eigenvalue weighted by atomic mass is 10.0. The maximum atomic E-state index is 6.09. The molecule has 158 valence electrons. The zero-order valence-corrected chi connectivity index (χ0v) is 18.3. The number of aryl methyl sites for hydroxylation is 2. The van der Waals surface area contributed by atoms with Crippen molar-refractivity contribution >= 4 is 40.0 Å². The summed E-state index contributed by atoms with van der Waals surface area (Å²) in [5, 5.41) is 11.4. The Kier molecular flexibility index (Phi) is 7.15. The molecule has 3 aromatic heterocycles. The zero-order valence-electron chi connectivity index (χ0n) is 17.5. The number of aliphatic imine (C=N–C) groups is 1. The number of hydrogen-bond acceptors (Lipinski definition) is 7. The van der Waals surface area contributed by atoms with Crippen LogP contribution in [0.25, 0.3) is 11.8 Å². The van der Waals surface area contributed by atoms with E-state index in [1.807, 2.05) is 37.1 Å². The first-order valence-corrected chi connectivity index (χ1v) is 10.3. The SMILES string of the molecule is C=Cn1ccnc1C(=NC)Nc1snc(N)c1C1=CCNCC1.Cc1cnn(C)c1. The molecule has 0 fully saturated rings. The summed E-state index contributed by atoms with van der Waals surface area (Å²) in [6.07, 6.45) is 12.1. The van der Waals surface area contributed by atoms with E-state index in [2.05, 4.69) is 42.7 Å². The normalized spacial score (nSPS) is 14.0. The Morgan fingerprint density at radius 3 is 2.87 bits per heavy atom. The lowest BCUT2D eigenvalue weighted by Gasteiger charge is -2.16. The van der Waals surface area contributed by atoms with Crippen molar-refractivity contribution in [2.75, 3.05) is 31.2 Å². The van der Waals surface area contributed by atoms with Crippen molar-refractivity contribution in [1.29, 1.82) is 0 Å². The Morgan fingerprint density at radius 2 is 2.30 bits per heavy atom. The average Bonchev–Trinajstić information content (AvgIpc) is 3.47. The van der Waals surface area contributed by atoms with Gasteiger partial charge in [-0.1, -0.05) is 12.7 Å². The van der Waals surface area contributed by atoms with Gasteiger partial charge in [-0.25, -0.2) is 4.98 Å². The third kappa shape index (κ3) is 5.02. The van der Waals surface area contributed by atoms with Crippen LogP contribution in [0, 0.1) is 6.92 Å². The monoisotopic (exact) mass is 425 g/mol. The minimum atomic E-state index is 0.549. The highest BCUT2D eigenvalue weighted by Gasteiger charge is 2.20. The minimum absolute atomic E-state index is 0.549. The molecule has 0 spiro atoms. The van der Waals surface area contributed by atoms with E-state index in [4.69, 9.17) is 5.73 Å². The highest BCUT2D eigenvalue weighted by molar-refractivity contribution is 7.11. The second-order valence-corrected chi connectivity index (χ2v) is 7.46. The highest BCUT2D eigenvalue weighted by Crippen LogP contribution is 2.35. The molecule has 4 heterocycles. The summed E-state index contributed by atoms with van der Waals surface area (Å²) >= 11 is 1.33. The molecule has 3 aromatic rings. The van der Waals surface area contributed by atoms with Crippen LogP contribution < -0.4 is 16.4 Å². The molecule has 9 nitrogen and oxygen atoms in total. The zero-order chi connectivity index (χ0) is 21.5. The third-order valence-corrected chi connectivity index (χ3v) is 5.25. The molecule has 0 aromatic carbocycles. The van der Waals surface area contributed by atoms with Crippen molar-refractivity contribution in [3.8, 4) is 0 Å². The van der Waals surface area contributed by atoms with Crippen LogP contribution in [-0.2, 0) is 7.05 Å². The number of amidine groups is 1. The summed E-state index contributed by atoms with van der Waals surface area (Å²) in [5.41, 5.74) is 9.47. The number of nitrogens with zero attached hydrogens (tertiary/aromatic N) is 6. The van der Waals surface area contributed by atoms with Gasteiger partial charge in [0, 0.05) is 45.4 Å². The second-order valence-electron chi connectivity index (χ2n) is 6.68. The molecule has 0 unspecified atom stereocenters. The first-order valence-electron chi connectivity index (χ1n) is 9.53. The van der Waals surface area contributed by atoms with E-state index in [9.17, 15) is 0 Å². The molecular weight excluding hydrogens is 398 g/mol. The van der Waals surface area contributed by atoms with Crippen LogP contribution in [-0.4, -0.2) is 49.7 Å². The number of rotatable bonds is 4. The van der Waals surface area contributed by atoms with E-state index in [1.165, 1.54) is 22.7 Å². The van der Waals surface area contributed by atoms with Gasteiger partial charge in [0.1, 0.15) is 10.8 Å². The van der Waals surface area contributed by atoms with Crippen molar-refractivity contribution in [1.82, 2.24) is 29.0 Å². The molecule has 4 N–H and O–H groups in total. The molecule has 30 heavy (non-hydrogen) atoms. The van der Waals surface area contributed by atoms with E-state index in [0.717, 1.165) is 30.1 Å². The van der Waals surface area contributed by atoms with Crippen molar-refractivity contribution in [3.05, 3.63) is 54.4 Å². The molecule has 0 bridgehead atoms. The Balaban J connectivity index is 0.000000310. The minimum Gasteiger partial charge on any atom is -0.382 e. The van der Waals surface area contributed by atoms with Gasteiger partial charge in [-0.3, -0.25) is 9.67 Å². The van der Waals surface area contributed by atoms with Crippen molar-refractivity contribution in [3.63, 3.8) is 0 Å². The molecule has 1 aliphatic rings. The molecule has 0 aliphatic carbocycles. The van der Waals surface area contributed by atoms with E-state index in [1.54, 1.807) is 24.1 Å². The first kappa shape index (κ1) is 21.5. The Bertz CT molecular complexity index is 1040. The standard InChI is InChI=1S/C15H19N7S.C5H8N2/c1-3-22-9-8-19-14(22)13(17-2)20-15-11(12(16)21-23-15)10-4-6-18-7-5-10;1-5-3-6-7(2)4-5/h3-4,8-9,18H,1,5-7H2,2H3,(H2,16,21)(H,17,20);3-4H,1-2H3. The number of anilines is 2. The quantitative estimate of drug-likeness (QED) is 0.438. The Labute approximate surface area is 180 Å². The fourth-order valence-corrected chi connectivity index (χ4v) is 3.80. The lowest BCUT2D eigenvalue weighted by molar-refractivity contribution is 0.739. The molecular formula is C20H27N9S. The Hall–Kier alpha value is -3.24. The average molecular weight is 426 g/mol. The number of nitrogens with one attached hydrogen (secondary N) is 2. The van der Waals surface area contributed by atoms with Gasteiger partial charge in [-0.05, 0) is 42.6 Å². The van der Waals surface area contributed by atoms with Crippen molar-refractivity contribution in [2.24, 2.45) is 12.0 Å². The van der Waals surface area contributed by atoms with Gasteiger partial charge < -0.3 is 20.9 Å². The van der Waals surface area contributed by atoms with Crippen molar-refractivity contribution < 1.29 is 0 Å². The van der Waals surface area contributed by atoms with Gasteiger partial charge >= 0.3 is 0 Å². The van der Waals surface area contributed by atoms with Crippen LogP contribution in [0.4, 0.5) is 10.8 Å². The summed E-state index contributed by atoms with van der Waals surface area (Å²) in [7, 11) is 3.63. The topological polar surface area (TPSA) is 111 Å². The van der Waals surface area contributed by atoms with E-state index < -0.39 is 0 Å². The van der Waals surface area contributed by atoms with Gasteiger partial charge in [-0.2, -0.15) is 9.47 Å². The van der Waals surface area contributed by atoms with Gasteiger partial charge in [0.05, 0.1) is 11.8 Å². The van der Waals surface area contributed by atoms with E-state index >= 15 is 0 Å². The molecule has 4 rings (SSSR count). The van der Waals surface area contributed by atoms with Gasteiger partial charge in [-0.15, -0.1) is 0 Å². The number of hydrogen-bond donors (Lipinski definition) is 3. The molecule has 0 radical (unpaired) electrons. The van der Waals surface area contributed by atoms with Crippen LogP contribution in [0.1, 0.15) is 23.4 Å². The predicted octanol–water partition coefficient (Wildman–Crippen LogP) is 2.62. The number of nitrogen functional groups attached to an aromatic ring is 1. The van der Waals surface area contributed by atoms with Gasteiger partial charge in [0.25, 0.3) is 0 Å². The van der Waals surface area contributed by atoms with Crippen LogP contribution in [0.3, 0.4) is 0 Å². The summed E-state index contributed by atoms with van der Waals surface area (Å²) < 4.78 is 7.89. The summed E-state index contributed by atoms with van der Waals surface area (Å²) in [6, 6.07) is 0. The second kappa shape index (κ2) is 9.99. The third-order valence-electron chi connectivity index (χ3n) is 4.47. The number of aromatic nitrogens is 5. The smallest absolute Gasteiger partial charge is 0.179 e. The maximum Gasteiger partial charge on any atom is 0.179 e. The molecule has 0 amide bonds. The molecule has 0 atom stereocenters. The number of imidazole rings is 1. The first-order chi connectivity index (χ1) is 14.5. The van der Waals surface area contributed by atoms with E-state index in [0.29, 0.717) is 17.5 Å². The Morgan fingerprint density at radius 1 is 1.47 bits per heavy atom. The predicted molar refractivity (Wildman–Crippen MR) is 125 cm³/mol. The largest absolute Gasteiger partial charge is 0.382 e. The van der Waals surface area contributed by atoms with Crippen LogP contribution >= 0.6 is 11.5 Å². The van der Waals surface area contributed by atoms with Gasteiger partial charge in [0.15, 0.2) is 11.7 Å². The number of nitrogens with two attached hydrogens (primary N) is 1. The molecule has 0 saturated carbocycles. The summed E-state index contributed by atoms with van der Waals surface area (Å²) in [6.45, 7) is 7.59. The van der Waals surface area contributed by atoms with Crippen molar-refractivity contribution in [2.45, 2.75) is 13.3 Å². The highest BCUT2D eigenvalue weighted by atomic mass is 32.1. The lowest BCUT2D eigenvalue weighted by Crippen LogP contribution is -2.21. The summed E-state index contributed by atoms with van der Waals surface area (Å²) in [5.74, 6) is 1.89. The molecule has 10 heteroatoms. The fraction of sp³-hybridized carbons (Fsp3) is 0.300. The fourth-order valence-electron chi connectivity index (χ4n) is 3.05. The molecule has 0 saturated heterocycles. The van der Waals surface area contributed by atoms with E-state index in [-0.39, 0.29) is 0 Å².